The van der Waals surface area contributed by atoms with Crippen LogP contribution in [0.5, 0.6) is 0 Å². The highest BCUT2D eigenvalue weighted by molar-refractivity contribution is 7.86. The van der Waals surface area contributed by atoms with Gasteiger partial charge in [0.15, 0.2) is 5.78 Å². The van der Waals surface area contributed by atoms with Crippen LogP contribution in [-0.4, -0.2) is 21.3 Å². The monoisotopic (exact) mass is 334 g/mol. The fraction of sp³-hybridized carbons (Fsp3) is 0.500. The van der Waals surface area contributed by atoms with Gasteiger partial charge in [-0.2, -0.15) is 8.42 Å². The van der Waals surface area contributed by atoms with E-state index in [-0.39, 0.29) is 27.4 Å². The first-order valence-corrected chi connectivity index (χ1v) is 9.21. The third-order valence-electron chi connectivity index (χ3n) is 6.08. The van der Waals surface area contributed by atoms with Gasteiger partial charge in [-0.15, -0.1) is 0 Å². The number of ketones is 1. The van der Waals surface area contributed by atoms with Gasteiger partial charge in [-0.25, -0.2) is 0 Å². The largest absolute Gasteiger partial charge is 0.296 e. The van der Waals surface area contributed by atoms with Crippen molar-refractivity contribution in [3.63, 3.8) is 0 Å². The Balaban J connectivity index is 1.96. The summed E-state index contributed by atoms with van der Waals surface area (Å²) >= 11 is 0. The van der Waals surface area contributed by atoms with Gasteiger partial charge in [0, 0.05) is 5.41 Å². The molecule has 2 bridgehead atoms. The second-order valence-corrected chi connectivity index (χ2v) is 8.98. The molecule has 0 radical (unpaired) electrons. The summed E-state index contributed by atoms with van der Waals surface area (Å²) in [4.78, 5) is 12.9. The highest BCUT2D eigenvalue weighted by Gasteiger charge is 2.63. The molecule has 2 fully saturated rings. The highest BCUT2D eigenvalue weighted by Crippen LogP contribution is 2.65. The summed E-state index contributed by atoms with van der Waals surface area (Å²) < 4.78 is 27.8. The van der Waals surface area contributed by atoms with Crippen LogP contribution in [0.15, 0.2) is 34.7 Å². The molecular formula is C18H22O4S. The maximum Gasteiger partial charge on any atom is 0.296 e. The van der Waals surface area contributed by atoms with Gasteiger partial charge >= 0.3 is 0 Å². The normalized spacial score (nSPS) is 31.0. The number of carbonyl (C=O) groups is 1. The first-order chi connectivity index (χ1) is 10.6. The number of hydrogen-bond acceptors (Lipinski definition) is 4. The van der Waals surface area contributed by atoms with E-state index in [1.807, 2.05) is 6.08 Å². The van der Waals surface area contributed by atoms with Gasteiger partial charge in [-0.1, -0.05) is 32.9 Å². The standard InChI is InChI=1S/C18H22O4S/c1-17(2)15-9-10-18(17,3)16(19)14(15)11-12-5-7-13(8-6-12)23(20,21)22-4/h5-8,11,15H,9-10H2,1-4H3. The van der Waals surface area contributed by atoms with E-state index in [2.05, 4.69) is 25.0 Å². The molecule has 124 valence electrons. The van der Waals surface area contributed by atoms with Crippen LogP contribution in [0.3, 0.4) is 0 Å². The second kappa shape index (κ2) is 5.02. The molecule has 5 heteroatoms. The molecule has 4 nitrogen and oxygen atoms in total. The van der Waals surface area contributed by atoms with Gasteiger partial charge in [0.05, 0.1) is 12.0 Å². The number of allylic oxidation sites excluding steroid dienone is 1. The van der Waals surface area contributed by atoms with Crippen LogP contribution in [0, 0.1) is 16.7 Å². The summed E-state index contributed by atoms with van der Waals surface area (Å²) in [5, 5.41) is 0. The lowest BCUT2D eigenvalue weighted by Crippen LogP contribution is -2.32. The lowest BCUT2D eigenvalue weighted by atomic mass is 9.70. The molecule has 0 aliphatic heterocycles. The van der Waals surface area contributed by atoms with Crippen molar-refractivity contribution in [3.05, 3.63) is 35.4 Å². The summed E-state index contributed by atoms with van der Waals surface area (Å²) in [6.07, 6.45) is 3.91. The Morgan fingerprint density at radius 3 is 2.26 bits per heavy atom. The molecule has 23 heavy (non-hydrogen) atoms. The van der Waals surface area contributed by atoms with E-state index in [1.165, 1.54) is 12.1 Å². The molecule has 2 atom stereocenters. The summed E-state index contributed by atoms with van der Waals surface area (Å²) in [6, 6.07) is 6.45. The van der Waals surface area contributed by atoms with Crippen molar-refractivity contribution in [1.29, 1.82) is 0 Å². The zero-order valence-corrected chi connectivity index (χ0v) is 14.7. The van der Waals surface area contributed by atoms with E-state index in [4.69, 9.17) is 0 Å². The Morgan fingerprint density at radius 2 is 1.78 bits per heavy atom. The van der Waals surface area contributed by atoms with Gasteiger partial charge in [0.1, 0.15) is 0 Å². The van der Waals surface area contributed by atoms with Crippen molar-refractivity contribution in [2.75, 3.05) is 7.11 Å². The predicted octanol–water partition coefficient (Wildman–Crippen LogP) is 3.43. The van der Waals surface area contributed by atoms with Crippen molar-refractivity contribution < 1.29 is 17.4 Å². The Kier molecular flexibility index (Phi) is 3.58. The molecule has 2 unspecified atom stereocenters. The van der Waals surface area contributed by atoms with Crippen molar-refractivity contribution >= 4 is 22.0 Å². The lowest BCUT2D eigenvalue weighted by molar-refractivity contribution is -0.125. The molecule has 0 spiro atoms. The van der Waals surface area contributed by atoms with Crippen LogP contribution in [0.1, 0.15) is 39.2 Å². The number of Topliss-reactive ketones (excluding diaryl/α,β-unsaturated/α-hetero) is 1. The van der Waals surface area contributed by atoms with Crippen LogP contribution in [0.4, 0.5) is 0 Å². The SMILES string of the molecule is COS(=O)(=O)c1ccc(C=C2C(=O)C3(C)CCC2C3(C)C)cc1. The van der Waals surface area contributed by atoms with Crippen molar-refractivity contribution in [1.82, 2.24) is 0 Å². The molecule has 3 rings (SSSR count). The predicted molar refractivity (Wildman–Crippen MR) is 88.2 cm³/mol. The number of rotatable bonds is 3. The highest BCUT2D eigenvalue weighted by atomic mass is 32.2. The molecule has 0 amide bonds. The third kappa shape index (κ3) is 2.21. The van der Waals surface area contributed by atoms with Crippen LogP contribution in [0.25, 0.3) is 6.08 Å². The van der Waals surface area contributed by atoms with Crippen molar-refractivity contribution in [2.45, 2.75) is 38.5 Å². The third-order valence-corrected chi connectivity index (χ3v) is 7.36. The van der Waals surface area contributed by atoms with E-state index in [9.17, 15) is 13.2 Å². The molecule has 2 saturated carbocycles. The van der Waals surface area contributed by atoms with Gasteiger partial charge in [0.2, 0.25) is 0 Å². The molecule has 2 aliphatic rings. The van der Waals surface area contributed by atoms with Crippen LogP contribution >= 0.6 is 0 Å². The van der Waals surface area contributed by atoms with E-state index in [0.29, 0.717) is 0 Å². The van der Waals surface area contributed by atoms with Crippen molar-refractivity contribution in [3.8, 4) is 0 Å². The average molecular weight is 334 g/mol. The van der Waals surface area contributed by atoms with Gasteiger partial charge in [-0.3, -0.25) is 8.98 Å². The number of benzene rings is 1. The van der Waals surface area contributed by atoms with E-state index in [0.717, 1.165) is 31.1 Å². The second-order valence-electron chi connectivity index (χ2n) is 7.26. The van der Waals surface area contributed by atoms with E-state index in [1.54, 1.807) is 12.1 Å². The summed E-state index contributed by atoms with van der Waals surface area (Å²) in [6.45, 7) is 6.43. The average Bonchev–Trinajstić information content (AvgIpc) is 2.82. The Bertz CT molecular complexity index is 787. The first-order valence-electron chi connectivity index (χ1n) is 7.80. The smallest absolute Gasteiger partial charge is 0.294 e. The maximum absolute atomic E-state index is 12.8. The fourth-order valence-corrected chi connectivity index (χ4v) is 4.76. The molecule has 0 aromatic heterocycles. The first kappa shape index (κ1) is 16.4. The number of hydrogen-bond donors (Lipinski definition) is 0. The minimum absolute atomic E-state index is 0.0186. The van der Waals surface area contributed by atoms with Crippen LogP contribution in [0.2, 0.25) is 0 Å². The molecule has 1 aromatic carbocycles. The Hall–Kier alpha value is -1.46. The van der Waals surface area contributed by atoms with Crippen LogP contribution < -0.4 is 0 Å². The molecule has 0 saturated heterocycles. The topological polar surface area (TPSA) is 60.4 Å². The Morgan fingerprint density at radius 1 is 1.17 bits per heavy atom. The fourth-order valence-electron chi connectivity index (χ4n) is 4.10. The summed E-state index contributed by atoms with van der Waals surface area (Å²) in [7, 11) is -2.54. The summed E-state index contributed by atoms with van der Waals surface area (Å²) in [5.41, 5.74) is 1.43. The molecule has 2 aliphatic carbocycles. The van der Waals surface area contributed by atoms with Crippen LogP contribution in [-0.2, 0) is 19.1 Å². The molecule has 0 N–H and O–H groups in total. The van der Waals surface area contributed by atoms with Gasteiger partial charge < -0.3 is 0 Å². The number of fused-ring (bicyclic) bond motifs is 2. The molecule has 1 aromatic rings. The van der Waals surface area contributed by atoms with Gasteiger partial charge in [-0.05, 0) is 53.5 Å². The minimum Gasteiger partial charge on any atom is -0.294 e. The summed E-state index contributed by atoms with van der Waals surface area (Å²) in [5.74, 6) is 0.523. The zero-order chi connectivity index (χ0) is 17.0. The van der Waals surface area contributed by atoms with E-state index >= 15 is 0 Å². The maximum atomic E-state index is 12.8. The van der Waals surface area contributed by atoms with Crippen molar-refractivity contribution in [2.24, 2.45) is 16.7 Å². The molecular weight excluding hydrogens is 312 g/mol. The quantitative estimate of drug-likeness (QED) is 0.627. The lowest BCUT2D eigenvalue weighted by Gasteiger charge is -2.31. The van der Waals surface area contributed by atoms with Gasteiger partial charge in [0.25, 0.3) is 10.1 Å². The molecule has 0 heterocycles. The van der Waals surface area contributed by atoms with E-state index < -0.39 is 10.1 Å². The minimum atomic E-state index is -3.68. The zero-order valence-electron chi connectivity index (χ0n) is 13.9. The number of carbonyl (C=O) groups excluding carboxylic acids is 1. The Labute approximate surface area is 137 Å².